The number of hydrogen-bond acceptors (Lipinski definition) is 3. The minimum atomic E-state index is -4.38. The van der Waals surface area contributed by atoms with Crippen LogP contribution in [0.2, 0.25) is 0 Å². The Kier molecular flexibility index (Phi) is 15.5. The van der Waals surface area contributed by atoms with E-state index in [4.69, 9.17) is 8.83 Å². The van der Waals surface area contributed by atoms with Crippen molar-refractivity contribution in [3.8, 4) is 50.2 Å². The molecule has 1 aliphatic rings. The zero-order valence-corrected chi connectivity index (χ0v) is 50.7. The molecule has 0 spiro atoms. The van der Waals surface area contributed by atoms with Crippen LogP contribution in [0.4, 0.5) is 18.9 Å². The smallest absolute Gasteiger partial charge is 0.370 e. The summed E-state index contributed by atoms with van der Waals surface area (Å²) in [6, 6.07) is 82.1. The van der Waals surface area contributed by atoms with Crippen LogP contribution in [0, 0.1) is 19.9 Å². The van der Waals surface area contributed by atoms with Gasteiger partial charge < -0.3 is 23.6 Å². The van der Waals surface area contributed by atoms with Crippen molar-refractivity contribution in [2.45, 2.75) is 65.2 Å². The zero-order valence-electron chi connectivity index (χ0n) is 48.3. The fraction of sp³-hybridized carbons (Fsp3) is 0.128. The second kappa shape index (κ2) is 23.8. The van der Waals surface area contributed by atoms with Crippen LogP contribution in [0.3, 0.4) is 0 Å². The van der Waals surface area contributed by atoms with Crippen LogP contribution >= 0.6 is 0 Å². The Morgan fingerprint density at radius 1 is 0.494 bits per heavy atom. The first kappa shape index (κ1) is 56.7. The number of halogens is 3. The normalized spacial score (nSPS) is 13.2. The number of hydrogen-bond donors (Lipinski definition) is 0. The first-order valence-corrected chi connectivity index (χ1v) is 29.6. The molecule has 14 aromatic rings. The molecule has 0 N–H and O–H groups in total. The van der Waals surface area contributed by atoms with Crippen molar-refractivity contribution in [3.63, 3.8) is 0 Å². The summed E-state index contributed by atoms with van der Waals surface area (Å²) in [4.78, 5) is 2.01. The first-order valence-electron chi connectivity index (χ1n) is 29.6. The van der Waals surface area contributed by atoms with Crippen LogP contribution in [-0.4, -0.2) is 4.57 Å². The van der Waals surface area contributed by atoms with Gasteiger partial charge >= 0.3 is 6.18 Å². The third-order valence-corrected chi connectivity index (χ3v) is 16.9. The molecule has 3 aromatic heterocycles. The van der Waals surface area contributed by atoms with E-state index < -0.39 is 17.9 Å². The molecular formula is C78H60F3IrN3O2-2. The second-order valence-electron chi connectivity index (χ2n) is 22.5. The van der Waals surface area contributed by atoms with Gasteiger partial charge in [-0.05, 0) is 174 Å². The van der Waals surface area contributed by atoms with Gasteiger partial charge in [-0.2, -0.15) is 49.2 Å². The number of furan rings is 2. The van der Waals surface area contributed by atoms with Gasteiger partial charge in [0, 0.05) is 69.4 Å². The largest absolute Gasteiger partial charge is 0.668 e. The number of aromatic nitrogens is 1. The van der Waals surface area contributed by atoms with Crippen molar-refractivity contribution >= 4 is 71.4 Å². The van der Waals surface area contributed by atoms with E-state index in [1.54, 1.807) is 6.20 Å². The number of nitrogens with zero attached hydrogens (tertiary/aromatic N) is 3. The Labute approximate surface area is 517 Å². The average molecular weight is 1320 g/mol. The zero-order chi connectivity index (χ0) is 58.5. The summed E-state index contributed by atoms with van der Waals surface area (Å²) >= 11 is 0. The molecular weight excluding hydrogens is 1260 g/mol. The standard InChI is InChI=1S/C48H29NO2.C30H31F3N2.Ir/c1-2-12-35(13-3-1)49-43-18-6-4-14-37(43)40-27-31(20-23-44(40)49)33-22-25-47-42(29-33)41-28-32(21-24-46(41)50-47)30-10-8-11-34(26-30)36-16-9-17-39-38-15-5-7-19-45(38)51-48(36)39;1-4-5-6-7-8-23-9-11-24(12-10-23)26-19-21(2)28(22(3)20-26)35-18-17-34-29(35)25-13-15-27(16-14-25)30(31,32)33;/h1-29H;9-13,15-20,29H,4-8H2,1-3H3;/q;-2;. The fourth-order valence-electron chi connectivity index (χ4n) is 12.7. The molecule has 1 radical (unpaired) electrons. The molecule has 5 nitrogen and oxygen atoms in total. The Morgan fingerprint density at radius 2 is 1.10 bits per heavy atom. The molecule has 0 aliphatic carbocycles. The van der Waals surface area contributed by atoms with Gasteiger partial charge in [-0.3, -0.25) is 0 Å². The third-order valence-electron chi connectivity index (χ3n) is 16.9. The van der Waals surface area contributed by atoms with E-state index in [1.807, 2.05) is 23.2 Å². The van der Waals surface area contributed by atoms with E-state index in [2.05, 4.69) is 237 Å². The van der Waals surface area contributed by atoms with Gasteiger partial charge in [0.15, 0.2) is 0 Å². The van der Waals surface area contributed by atoms with Crippen molar-refractivity contribution in [2.24, 2.45) is 0 Å². The quantitative estimate of drug-likeness (QED) is 0.0905. The number of fused-ring (bicyclic) bond motifs is 9. The Hall–Kier alpha value is -9.40. The topological polar surface area (TPSA) is 48.6 Å². The van der Waals surface area contributed by atoms with Crippen molar-refractivity contribution in [1.82, 2.24) is 4.57 Å². The van der Waals surface area contributed by atoms with Crippen LogP contribution in [0.15, 0.2) is 252 Å². The van der Waals surface area contributed by atoms with E-state index in [0.29, 0.717) is 5.56 Å². The van der Waals surface area contributed by atoms with Gasteiger partial charge in [-0.1, -0.05) is 165 Å². The summed E-state index contributed by atoms with van der Waals surface area (Å²) in [7, 11) is 0. The molecule has 15 rings (SSSR count). The first-order chi connectivity index (χ1) is 42.0. The summed E-state index contributed by atoms with van der Waals surface area (Å²) in [5.74, 6) is 0. The minimum absolute atomic E-state index is 0. The third kappa shape index (κ3) is 10.9. The molecule has 0 saturated carbocycles. The predicted octanol–water partition coefficient (Wildman–Crippen LogP) is 22.9. The molecule has 1 atom stereocenters. The van der Waals surface area contributed by atoms with Gasteiger partial charge in [0.2, 0.25) is 0 Å². The minimum Gasteiger partial charge on any atom is -0.668 e. The van der Waals surface area contributed by atoms with Crippen LogP contribution in [0.5, 0.6) is 0 Å². The number of benzene rings is 11. The maximum absolute atomic E-state index is 13.0. The number of para-hydroxylation sites is 4. The Morgan fingerprint density at radius 3 is 1.82 bits per heavy atom. The van der Waals surface area contributed by atoms with Gasteiger partial charge in [0.05, 0.1) is 11.0 Å². The summed E-state index contributed by atoms with van der Waals surface area (Å²) in [5.41, 5.74) is 20.8. The second-order valence-corrected chi connectivity index (χ2v) is 22.5. The average Bonchev–Trinajstić information content (AvgIpc) is 1.94. The van der Waals surface area contributed by atoms with E-state index in [-0.39, 0.29) is 20.1 Å². The monoisotopic (exact) mass is 1320 g/mol. The number of anilines is 1. The summed E-state index contributed by atoms with van der Waals surface area (Å²) < 4.78 is 54.0. The van der Waals surface area contributed by atoms with Crippen LogP contribution < -0.4 is 4.90 Å². The van der Waals surface area contributed by atoms with Gasteiger partial charge in [0.1, 0.15) is 22.3 Å². The van der Waals surface area contributed by atoms with E-state index >= 15 is 0 Å². The number of rotatable bonds is 12. The molecule has 1 aliphatic heterocycles. The van der Waals surface area contributed by atoms with E-state index in [0.717, 1.165) is 118 Å². The van der Waals surface area contributed by atoms with Crippen molar-refractivity contribution in [3.05, 3.63) is 282 Å². The molecule has 11 aromatic carbocycles. The van der Waals surface area contributed by atoms with Gasteiger partial charge in [-0.15, -0.1) is 0 Å². The Balaban J connectivity index is 0.000000171. The maximum atomic E-state index is 13.0. The summed E-state index contributed by atoms with van der Waals surface area (Å²) in [5, 5.41) is 11.5. The SMILES string of the molecule is CCCCCCc1ccc(-c2cc(C)c(N3C=C[N-]C3c3[c-]cc(C(F)(F)F)cc3)c(C)c2)cc1.[Ir].c1ccc(-n2c3ccccc3c3cc(-c4ccc5oc6ccc(-c7cccc(-c8cccc9c8oc8ccccc89)c7)cc6c5c4)ccc32)cc1. The molecule has 0 amide bonds. The van der Waals surface area contributed by atoms with Crippen LogP contribution in [-0.2, 0) is 32.7 Å². The number of unbranched alkanes of at least 4 members (excludes halogenated alkanes) is 3. The number of aryl methyl sites for hydroxylation is 3. The Bertz CT molecular complexity index is 4840. The van der Waals surface area contributed by atoms with Crippen molar-refractivity contribution < 1.29 is 42.1 Å². The van der Waals surface area contributed by atoms with Crippen molar-refractivity contribution in [2.75, 3.05) is 4.90 Å². The fourth-order valence-corrected chi connectivity index (χ4v) is 12.7. The van der Waals surface area contributed by atoms with Gasteiger partial charge in [-0.25, -0.2) is 0 Å². The molecule has 1 unspecified atom stereocenters. The molecule has 4 heterocycles. The summed E-state index contributed by atoms with van der Waals surface area (Å²) in [6.07, 6.45) is 4.92. The molecule has 0 bridgehead atoms. The summed E-state index contributed by atoms with van der Waals surface area (Å²) in [6.45, 7) is 6.35. The van der Waals surface area contributed by atoms with E-state index in [1.165, 1.54) is 70.2 Å². The number of alkyl halides is 3. The predicted molar refractivity (Wildman–Crippen MR) is 349 cm³/mol. The van der Waals surface area contributed by atoms with Crippen LogP contribution in [0.25, 0.3) is 121 Å². The maximum Gasteiger partial charge on any atom is 0.370 e. The molecule has 0 fully saturated rings. The molecule has 9 heteroatoms. The molecule has 431 valence electrons. The van der Waals surface area contributed by atoms with E-state index in [9.17, 15) is 13.2 Å². The van der Waals surface area contributed by atoms with Gasteiger partial charge in [0.25, 0.3) is 0 Å². The molecule has 87 heavy (non-hydrogen) atoms. The van der Waals surface area contributed by atoms with Crippen molar-refractivity contribution in [1.29, 1.82) is 0 Å². The molecule has 0 saturated heterocycles. The van der Waals surface area contributed by atoms with Crippen LogP contribution in [0.1, 0.15) is 66.6 Å².